The summed E-state index contributed by atoms with van der Waals surface area (Å²) in [5.74, 6) is -0.103. The first kappa shape index (κ1) is 22.2. The number of hydrogen-bond acceptors (Lipinski definition) is 5. The summed E-state index contributed by atoms with van der Waals surface area (Å²) in [7, 11) is 0. The van der Waals surface area contributed by atoms with Crippen molar-refractivity contribution in [2.24, 2.45) is 0 Å². The van der Waals surface area contributed by atoms with Crippen molar-refractivity contribution in [2.45, 2.75) is 18.9 Å². The lowest BCUT2D eigenvalue weighted by Crippen LogP contribution is -2.13. The van der Waals surface area contributed by atoms with Crippen molar-refractivity contribution in [3.63, 3.8) is 0 Å². The molecule has 0 radical (unpaired) electrons. The maximum atomic E-state index is 13.0. The smallest absolute Gasteiger partial charge is 0.416 e. The molecule has 172 valence electrons. The van der Waals surface area contributed by atoms with E-state index in [1.807, 2.05) is 0 Å². The standard InChI is InChI=1S/C20H12F6N4O3/c21-19(22,23)12-4-11(5-13(6-12)20(24,25)26)9-30-10-14(8-27-30)28-18(31)15-7-17(33-29-15)16-2-1-3-32-16/h1-8,10H,9H2,(H,28,31). The summed E-state index contributed by atoms with van der Waals surface area (Å²) < 4.78 is 89.3. The molecule has 0 fully saturated rings. The van der Waals surface area contributed by atoms with Crippen LogP contribution in [0.4, 0.5) is 32.0 Å². The Balaban J connectivity index is 1.49. The zero-order valence-corrected chi connectivity index (χ0v) is 16.2. The Morgan fingerprint density at radius 1 is 1.00 bits per heavy atom. The van der Waals surface area contributed by atoms with Crippen LogP contribution in [0.25, 0.3) is 11.5 Å². The van der Waals surface area contributed by atoms with E-state index in [0.29, 0.717) is 17.9 Å². The zero-order chi connectivity index (χ0) is 23.8. The van der Waals surface area contributed by atoms with Crippen LogP contribution in [0.2, 0.25) is 0 Å². The van der Waals surface area contributed by atoms with Crippen LogP contribution in [0.5, 0.6) is 0 Å². The van der Waals surface area contributed by atoms with E-state index in [1.165, 1.54) is 24.7 Å². The minimum Gasteiger partial charge on any atom is -0.461 e. The number of alkyl halides is 6. The topological polar surface area (TPSA) is 86.1 Å². The molecule has 0 bridgehead atoms. The summed E-state index contributed by atoms with van der Waals surface area (Å²) in [6.07, 6.45) is -6.06. The fourth-order valence-corrected chi connectivity index (χ4v) is 2.92. The molecule has 1 amide bonds. The van der Waals surface area contributed by atoms with Crippen LogP contribution in [0.1, 0.15) is 27.2 Å². The predicted octanol–water partition coefficient (Wildman–Crippen LogP) is 5.47. The third-order valence-corrected chi connectivity index (χ3v) is 4.39. The summed E-state index contributed by atoms with van der Waals surface area (Å²) in [6, 6.07) is 5.83. The van der Waals surface area contributed by atoms with Gasteiger partial charge in [-0.3, -0.25) is 9.48 Å². The number of halogens is 6. The molecule has 3 heterocycles. The van der Waals surface area contributed by atoms with Gasteiger partial charge in [-0.05, 0) is 35.9 Å². The van der Waals surface area contributed by atoms with Gasteiger partial charge in [0.15, 0.2) is 11.5 Å². The molecular formula is C20H12F6N4O3. The van der Waals surface area contributed by atoms with Gasteiger partial charge in [0.25, 0.3) is 5.91 Å². The maximum absolute atomic E-state index is 13.0. The average Bonchev–Trinajstić information content (AvgIpc) is 3.48. The molecule has 0 saturated carbocycles. The second kappa shape index (κ2) is 8.15. The molecular weight excluding hydrogens is 458 g/mol. The number of amides is 1. The highest BCUT2D eigenvalue weighted by Gasteiger charge is 2.36. The van der Waals surface area contributed by atoms with Crippen molar-refractivity contribution >= 4 is 11.6 Å². The number of aromatic nitrogens is 3. The molecule has 4 aromatic rings. The molecule has 0 aliphatic rings. The molecule has 0 aliphatic heterocycles. The lowest BCUT2D eigenvalue weighted by molar-refractivity contribution is -0.143. The Morgan fingerprint density at radius 3 is 2.30 bits per heavy atom. The number of nitrogens with one attached hydrogen (secondary N) is 1. The zero-order valence-electron chi connectivity index (χ0n) is 16.2. The number of carbonyl (C=O) groups excluding carboxylic acids is 1. The van der Waals surface area contributed by atoms with E-state index >= 15 is 0 Å². The van der Waals surface area contributed by atoms with Crippen LogP contribution < -0.4 is 5.32 Å². The van der Waals surface area contributed by atoms with E-state index in [-0.39, 0.29) is 28.8 Å². The van der Waals surface area contributed by atoms with Gasteiger partial charge in [-0.2, -0.15) is 31.4 Å². The first-order chi connectivity index (χ1) is 15.5. The van der Waals surface area contributed by atoms with Gasteiger partial charge in [0, 0.05) is 12.3 Å². The summed E-state index contributed by atoms with van der Waals surface area (Å²) in [5.41, 5.74) is -3.05. The third kappa shape index (κ3) is 5.07. The molecule has 33 heavy (non-hydrogen) atoms. The first-order valence-electron chi connectivity index (χ1n) is 9.12. The summed E-state index contributed by atoms with van der Waals surface area (Å²) in [5, 5.41) is 9.95. The maximum Gasteiger partial charge on any atom is 0.416 e. The van der Waals surface area contributed by atoms with Gasteiger partial charge < -0.3 is 14.3 Å². The molecule has 0 spiro atoms. The van der Waals surface area contributed by atoms with Crippen LogP contribution in [-0.4, -0.2) is 20.8 Å². The number of anilines is 1. The van der Waals surface area contributed by atoms with E-state index < -0.39 is 35.9 Å². The van der Waals surface area contributed by atoms with Crippen LogP contribution in [0, 0.1) is 0 Å². The largest absolute Gasteiger partial charge is 0.461 e. The molecule has 7 nitrogen and oxygen atoms in total. The molecule has 0 saturated heterocycles. The van der Waals surface area contributed by atoms with Crippen molar-refractivity contribution in [3.8, 4) is 11.5 Å². The Bertz CT molecular complexity index is 1240. The number of hydrogen-bond donors (Lipinski definition) is 1. The lowest BCUT2D eigenvalue weighted by atomic mass is 10.0. The molecule has 1 N–H and O–H groups in total. The number of furan rings is 1. The highest BCUT2D eigenvalue weighted by Crippen LogP contribution is 2.36. The fraction of sp³-hybridized carbons (Fsp3) is 0.150. The number of rotatable bonds is 5. The second-order valence-corrected chi connectivity index (χ2v) is 6.85. The van der Waals surface area contributed by atoms with Crippen LogP contribution in [0.15, 0.2) is 64.0 Å². The van der Waals surface area contributed by atoms with Crippen molar-refractivity contribution in [1.82, 2.24) is 14.9 Å². The number of benzene rings is 1. The summed E-state index contributed by atoms with van der Waals surface area (Å²) in [4.78, 5) is 12.3. The van der Waals surface area contributed by atoms with E-state index in [0.717, 1.165) is 4.68 Å². The average molecular weight is 470 g/mol. The predicted molar refractivity (Wildman–Crippen MR) is 99.9 cm³/mol. The molecule has 0 unspecified atom stereocenters. The van der Waals surface area contributed by atoms with E-state index in [2.05, 4.69) is 15.6 Å². The van der Waals surface area contributed by atoms with E-state index in [1.54, 1.807) is 12.1 Å². The van der Waals surface area contributed by atoms with E-state index in [9.17, 15) is 31.1 Å². The van der Waals surface area contributed by atoms with Crippen molar-refractivity contribution in [2.75, 3.05) is 5.32 Å². The van der Waals surface area contributed by atoms with Crippen molar-refractivity contribution in [3.05, 3.63) is 77.4 Å². The van der Waals surface area contributed by atoms with Crippen LogP contribution in [0.3, 0.4) is 0 Å². The lowest BCUT2D eigenvalue weighted by Gasteiger charge is -2.14. The monoisotopic (exact) mass is 470 g/mol. The highest BCUT2D eigenvalue weighted by molar-refractivity contribution is 6.03. The van der Waals surface area contributed by atoms with E-state index in [4.69, 9.17) is 8.94 Å². The molecule has 1 aromatic carbocycles. The van der Waals surface area contributed by atoms with Crippen molar-refractivity contribution in [1.29, 1.82) is 0 Å². The van der Waals surface area contributed by atoms with Gasteiger partial charge in [-0.15, -0.1) is 0 Å². The quantitative estimate of drug-likeness (QED) is 0.391. The molecule has 3 aromatic heterocycles. The Labute approximate surface area is 180 Å². The van der Waals surface area contributed by atoms with Gasteiger partial charge in [0.1, 0.15) is 0 Å². The highest BCUT2D eigenvalue weighted by atomic mass is 19.4. The SMILES string of the molecule is O=C(Nc1cnn(Cc2cc(C(F)(F)F)cc(C(F)(F)F)c2)c1)c1cc(-c2ccco2)on1. The fourth-order valence-electron chi connectivity index (χ4n) is 2.92. The molecule has 0 aliphatic carbocycles. The van der Waals surface area contributed by atoms with Gasteiger partial charge in [-0.1, -0.05) is 5.16 Å². The summed E-state index contributed by atoms with van der Waals surface area (Å²) >= 11 is 0. The molecule has 0 atom stereocenters. The second-order valence-electron chi connectivity index (χ2n) is 6.85. The third-order valence-electron chi connectivity index (χ3n) is 4.39. The van der Waals surface area contributed by atoms with Gasteiger partial charge in [0.05, 0.1) is 35.8 Å². The number of carbonyl (C=O) groups is 1. The molecule has 13 heteroatoms. The minimum atomic E-state index is -4.95. The van der Waals surface area contributed by atoms with Gasteiger partial charge in [-0.25, -0.2) is 0 Å². The van der Waals surface area contributed by atoms with Crippen molar-refractivity contribution < 1.29 is 40.1 Å². The normalized spacial score (nSPS) is 12.2. The van der Waals surface area contributed by atoms with Crippen LogP contribution >= 0.6 is 0 Å². The summed E-state index contributed by atoms with van der Waals surface area (Å²) in [6.45, 7) is -0.393. The van der Waals surface area contributed by atoms with Gasteiger partial charge >= 0.3 is 12.4 Å². The Hall–Kier alpha value is -4.03. The number of nitrogens with zero attached hydrogens (tertiary/aromatic N) is 3. The Kier molecular flexibility index (Phi) is 5.47. The minimum absolute atomic E-state index is 0.0487. The van der Waals surface area contributed by atoms with Gasteiger partial charge in [0.2, 0.25) is 5.76 Å². The molecule has 4 rings (SSSR count). The van der Waals surface area contributed by atoms with Crippen LogP contribution in [-0.2, 0) is 18.9 Å². The Morgan fingerprint density at radius 2 is 1.70 bits per heavy atom. The first-order valence-corrected chi connectivity index (χ1v) is 9.12.